The van der Waals surface area contributed by atoms with E-state index in [1.54, 1.807) is 0 Å². The lowest BCUT2D eigenvalue weighted by Crippen LogP contribution is -2.14. The molecule has 0 amide bonds. The van der Waals surface area contributed by atoms with Crippen molar-refractivity contribution in [2.45, 2.75) is 33.7 Å². The van der Waals surface area contributed by atoms with Gasteiger partial charge in [-0.1, -0.05) is 24.6 Å². The molecule has 20 heavy (non-hydrogen) atoms. The Kier molecular flexibility index (Phi) is 5.13. The summed E-state index contributed by atoms with van der Waals surface area (Å²) in [5.41, 5.74) is 3.28. The van der Waals surface area contributed by atoms with Crippen LogP contribution in [0.4, 0.5) is 0 Å². The van der Waals surface area contributed by atoms with Crippen LogP contribution in [0.15, 0.2) is 36.5 Å². The van der Waals surface area contributed by atoms with Crippen molar-refractivity contribution in [1.29, 1.82) is 0 Å². The Morgan fingerprint density at radius 2 is 1.90 bits per heavy atom. The van der Waals surface area contributed by atoms with Crippen molar-refractivity contribution in [3.63, 3.8) is 0 Å². The third kappa shape index (κ3) is 4.07. The molecule has 3 heteroatoms. The van der Waals surface area contributed by atoms with Gasteiger partial charge < -0.3 is 10.1 Å². The fraction of sp³-hybridized carbons (Fsp3) is 0.353. The minimum atomic E-state index is 0.780. The lowest BCUT2D eigenvalue weighted by atomic mass is 10.2. The van der Waals surface area contributed by atoms with Gasteiger partial charge in [-0.25, -0.2) is 0 Å². The molecule has 2 rings (SSSR count). The number of hydrogen-bond acceptors (Lipinski definition) is 3. The molecule has 1 aromatic heterocycles. The second-order valence-electron chi connectivity index (χ2n) is 5.03. The van der Waals surface area contributed by atoms with Crippen LogP contribution in [0, 0.1) is 13.8 Å². The molecule has 0 spiro atoms. The Balaban J connectivity index is 2.15. The molecule has 2 aromatic rings. The average Bonchev–Trinajstić information content (AvgIpc) is 2.44. The minimum absolute atomic E-state index is 0.780. The van der Waals surface area contributed by atoms with Crippen LogP contribution in [0.2, 0.25) is 0 Å². The summed E-state index contributed by atoms with van der Waals surface area (Å²) >= 11 is 0. The van der Waals surface area contributed by atoms with Crippen molar-refractivity contribution in [1.82, 2.24) is 10.3 Å². The normalized spacial score (nSPS) is 10.6. The van der Waals surface area contributed by atoms with Gasteiger partial charge in [-0.3, -0.25) is 4.98 Å². The molecular formula is C17H22N2O. The van der Waals surface area contributed by atoms with Crippen LogP contribution in [-0.2, 0) is 6.54 Å². The lowest BCUT2D eigenvalue weighted by molar-refractivity contribution is 0.471. The van der Waals surface area contributed by atoms with E-state index >= 15 is 0 Å². The van der Waals surface area contributed by atoms with E-state index in [2.05, 4.69) is 36.3 Å². The highest BCUT2D eigenvalue weighted by Crippen LogP contribution is 2.25. The second-order valence-corrected chi connectivity index (χ2v) is 5.03. The summed E-state index contributed by atoms with van der Waals surface area (Å²) in [6.45, 7) is 7.98. The Bertz CT molecular complexity index is 549. The first-order chi connectivity index (χ1) is 9.69. The first-order valence-corrected chi connectivity index (χ1v) is 7.10. The van der Waals surface area contributed by atoms with Crippen molar-refractivity contribution in [2.24, 2.45) is 0 Å². The van der Waals surface area contributed by atoms with Crippen LogP contribution in [0.25, 0.3) is 0 Å². The van der Waals surface area contributed by atoms with Crippen LogP contribution >= 0.6 is 0 Å². The SMILES string of the molecule is CCCNCc1cnc(C)cc1Oc1ccc(C)cc1. The second kappa shape index (κ2) is 7.06. The zero-order valence-electron chi connectivity index (χ0n) is 12.4. The van der Waals surface area contributed by atoms with E-state index in [0.717, 1.165) is 42.3 Å². The molecule has 0 aliphatic rings. The Hall–Kier alpha value is -1.87. The van der Waals surface area contributed by atoms with Crippen molar-refractivity contribution in [3.05, 3.63) is 53.3 Å². The van der Waals surface area contributed by atoms with Crippen LogP contribution in [0.1, 0.15) is 30.2 Å². The molecule has 1 N–H and O–H groups in total. The summed E-state index contributed by atoms with van der Waals surface area (Å²) in [7, 11) is 0. The maximum absolute atomic E-state index is 6.00. The van der Waals surface area contributed by atoms with E-state index < -0.39 is 0 Å². The summed E-state index contributed by atoms with van der Waals surface area (Å²) < 4.78 is 6.00. The molecule has 1 aromatic carbocycles. The van der Waals surface area contributed by atoms with Crippen LogP contribution in [-0.4, -0.2) is 11.5 Å². The largest absolute Gasteiger partial charge is 0.457 e. The van der Waals surface area contributed by atoms with Gasteiger partial charge in [-0.2, -0.15) is 0 Å². The summed E-state index contributed by atoms with van der Waals surface area (Å²) in [5, 5.41) is 3.39. The Morgan fingerprint density at radius 1 is 1.15 bits per heavy atom. The van der Waals surface area contributed by atoms with Crippen molar-refractivity contribution >= 4 is 0 Å². The maximum Gasteiger partial charge on any atom is 0.135 e. The molecule has 0 atom stereocenters. The quantitative estimate of drug-likeness (QED) is 0.806. The van der Waals surface area contributed by atoms with Gasteiger partial charge in [0.1, 0.15) is 11.5 Å². The molecule has 0 saturated heterocycles. The molecule has 106 valence electrons. The molecule has 0 radical (unpaired) electrons. The smallest absolute Gasteiger partial charge is 0.135 e. The van der Waals surface area contributed by atoms with Gasteiger partial charge in [-0.15, -0.1) is 0 Å². The number of pyridine rings is 1. The van der Waals surface area contributed by atoms with E-state index in [4.69, 9.17) is 4.74 Å². The highest BCUT2D eigenvalue weighted by atomic mass is 16.5. The predicted molar refractivity (Wildman–Crippen MR) is 82.2 cm³/mol. The topological polar surface area (TPSA) is 34.2 Å². The van der Waals surface area contributed by atoms with Gasteiger partial charge in [0.05, 0.1) is 0 Å². The predicted octanol–water partition coefficient (Wildman–Crippen LogP) is 3.99. The summed E-state index contributed by atoms with van der Waals surface area (Å²) in [6.07, 6.45) is 3.01. The van der Waals surface area contributed by atoms with Crippen molar-refractivity contribution in [3.8, 4) is 11.5 Å². The molecule has 0 fully saturated rings. The van der Waals surface area contributed by atoms with E-state index in [-0.39, 0.29) is 0 Å². The summed E-state index contributed by atoms with van der Waals surface area (Å²) in [6, 6.07) is 10.1. The van der Waals surface area contributed by atoms with Gasteiger partial charge >= 0.3 is 0 Å². The number of hydrogen-bond donors (Lipinski definition) is 1. The number of nitrogens with one attached hydrogen (secondary N) is 1. The number of rotatable bonds is 6. The molecule has 1 heterocycles. The molecule has 0 saturated carbocycles. The Morgan fingerprint density at radius 3 is 2.60 bits per heavy atom. The minimum Gasteiger partial charge on any atom is -0.457 e. The standard InChI is InChI=1S/C17H22N2O/c1-4-9-18-11-15-12-19-14(3)10-17(15)20-16-7-5-13(2)6-8-16/h5-8,10,12,18H,4,9,11H2,1-3H3. The van der Waals surface area contributed by atoms with Gasteiger partial charge in [0.2, 0.25) is 0 Å². The third-order valence-electron chi connectivity index (χ3n) is 3.07. The molecule has 0 bridgehead atoms. The van der Waals surface area contributed by atoms with Crippen molar-refractivity contribution in [2.75, 3.05) is 6.54 Å². The zero-order valence-corrected chi connectivity index (χ0v) is 12.4. The van der Waals surface area contributed by atoms with Gasteiger partial charge in [0.15, 0.2) is 0 Å². The van der Waals surface area contributed by atoms with Crippen LogP contribution in [0.3, 0.4) is 0 Å². The highest BCUT2D eigenvalue weighted by molar-refractivity contribution is 5.38. The fourth-order valence-corrected chi connectivity index (χ4v) is 1.92. The first-order valence-electron chi connectivity index (χ1n) is 7.10. The molecular weight excluding hydrogens is 248 g/mol. The molecule has 3 nitrogen and oxygen atoms in total. The average molecular weight is 270 g/mol. The maximum atomic E-state index is 6.00. The van der Waals surface area contributed by atoms with Gasteiger partial charge in [0, 0.05) is 30.1 Å². The summed E-state index contributed by atoms with van der Waals surface area (Å²) in [4.78, 5) is 4.35. The lowest BCUT2D eigenvalue weighted by Gasteiger charge is -2.12. The molecule has 0 unspecified atom stereocenters. The fourth-order valence-electron chi connectivity index (χ4n) is 1.92. The van der Waals surface area contributed by atoms with E-state index in [0.29, 0.717) is 0 Å². The summed E-state index contributed by atoms with van der Waals surface area (Å²) in [5.74, 6) is 1.74. The van der Waals surface area contributed by atoms with Crippen LogP contribution in [0.5, 0.6) is 11.5 Å². The van der Waals surface area contributed by atoms with E-state index in [9.17, 15) is 0 Å². The number of aryl methyl sites for hydroxylation is 2. The number of benzene rings is 1. The van der Waals surface area contributed by atoms with E-state index in [1.807, 2.05) is 31.3 Å². The number of ether oxygens (including phenoxy) is 1. The molecule has 0 aliphatic heterocycles. The highest BCUT2D eigenvalue weighted by Gasteiger charge is 2.06. The van der Waals surface area contributed by atoms with Gasteiger partial charge in [0.25, 0.3) is 0 Å². The Labute approximate surface area is 121 Å². The van der Waals surface area contributed by atoms with E-state index in [1.165, 1.54) is 5.56 Å². The first kappa shape index (κ1) is 14.5. The molecule has 0 aliphatic carbocycles. The van der Waals surface area contributed by atoms with Gasteiger partial charge in [-0.05, 0) is 38.9 Å². The zero-order chi connectivity index (χ0) is 14.4. The van der Waals surface area contributed by atoms with Crippen molar-refractivity contribution < 1.29 is 4.74 Å². The monoisotopic (exact) mass is 270 g/mol. The third-order valence-corrected chi connectivity index (χ3v) is 3.07. The number of nitrogens with zero attached hydrogens (tertiary/aromatic N) is 1. The number of aromatic nitrogens is 1. The van der Waals surface area contributed by atoms with Crippen LogP contribution < -0.4 is 10.1 Å².